The minimum absolute atomic E-state index is 0.0838. The Morgan fingerprint density at radius 3 is 0.890 bits per heavy atom. The molecule has 1 unspecified atom stereocenters. The lowest BCUT2D eigenvalue weighted by Crippen LogP contribution is -2.30. The van der Waals surface area contributed by atoms with E-state index in [0.29, 0.717) is 19.3 Å². The topological polar surface area (TPSA) is 78.9 Å². The van der Waals surface area contributed by atoms with E-state index in [9.17, 15) is 14.4 Å². The van der Waals surface area contributed by atoms with Gasteiger partial charge in [-0.1, -0.05) is 265 Å². The molecule has 0 N–H and O–H groups in total. The summed E-state index contributed by atoms with van der Waals surface area (Å²) in [7, 11) is 0. The molecule has 0 saturated heterocycles. The Morgan fingerprint density at radius 1 is 0.288 bits per heavy atom. The van der Waals surface area contributed by atoms with Gasteiger partial charge in [-0.2, -0.15) is 0 Å². The second-order valence-corrected chi connectivity index (χ2v) is 19.9. The highest BCUT2D eigenvalue weighted by Crippen LogP contribution is 2.15. The van der Waals surface area contributed by atoms with Gasteiger partial charge in [0.25, 0.3) is 0 Å². The summed E-state index contributed by atoms with van der Waals surface area (Å²) in [5.41, 5.74) is 0. The highest BCUT2D eigenvalue weighted by Gasteiger charge is 2.19. The molecule has 0 amide bonds. The normalized spacial score (nSPS) is 12.9. The maximum absolute atomic E-state index is 12.8. The highest BCUT2D eigenvalue weighted by atomic mass is 16.6. The third-order valence-corrected chi connectivity index (χ3v) is 12.7. The molecule has 6 nitrogen and oxygen atoms in total. The van der Waals surface area contributed by atoms with Crippen LogP contribution in [0.1, 0.15) is 278 Å². The Morgan fingerprint density at radius 2 is 0.562 bits per heavy atom. The second-order valence-electron chi connectivity index (χ2n) is 19.9. The first kappa shape index (κ1) is 69.1. The van der Waals surface area contributed by atoms with Crippen LogP contribution in [-0.2, 0) is 28.6 Å². The number of allylic oxidation sites excluding steroid dienone is 18. The van der Waals surface area contributed by atoms with Gasteiger partial charge in [-0.3, -0.25) is 14.4 Å². The number of unbranched alkanes of at least 4 members (excludes halogenated alkanes) is 25. The van der Waals surface area contributed by atoms with Crippen LogP contribution in [0.25, 0.3) is 0 Å². The van der Waals surface area contributed by atoms with Crippen LogP contribution in [-0.4, -0.2) is 37.2 Å². The van der Waals surface area contributed by atoms with Crippen molar-refractivity contribution in [3.8, 4) is 0 Å². The molecule has 0 spiro atoms. The first-order chi connectivity index (χ1) is 36.0. The Kier molecular flexibility index (Phi) is 57.4. The quantitative estimate of drug-likeness (QED) is 0.0261. The van der Waals surface area contributed by atoms with Gasteiger partial charge < -0.3 is 14.2 Å². The van der Waals surface area contributed by atoms with E-state index in [1.807, 2.05) is 0 Å². The SMILES string of the molecule is CC/C=C\C/C=C\C/C=C\C/C=C\C/C=C\C/C=C\C/C=C\CCCCCCCCCCCC(=O)OCC(COC(=O)CCCCCCCCCCCCC)OC(=O)CCCCCCC/C=C\C/C=C\CCC. The zero-order chi connectivity index (χ0) is 52.9. The molecule has 0 aromatic carbocycles. The number of esters is 3. The van der Waals surface area contributed by atoms with Crippen molar-refractivity contribution < 1.29 is 28.6 Å². The molecule has 416 valence electrons. The van der Waals surface area contributed by atoms with Gasteiger partial charge in [-0.05, 0) is 103 Å². The van der Waals surface area contributed by atoms with Gasteiger partial charge in [-0.15, -0.1) is 0 Å². The van der Waals surface area contributed by atoms with Crippen molar-refractivity contribution in [1.82, 2.24) is 0 Å². The molecule has 0 fully saturated rings. The predicted molar refractivity (Wildman–Crippen MR) is 316 cm³/mol. The first-order valence-corrected chi connectivity index (χ1v) is 30.4. The maximum Gasteiger partial charge on any atom is 0.306 e. The van der Waals surface area contributed by atoms with Crippen molar-refractivity contribution >= 4 is 17.9 Å². The van der Waals surface area contributed by atoms with Crippen LogP contribution < -0.4 is 0 Å². The summed E-state index contributed by atoms with van der Waals surface area (Å²) < 4.78 is 16.8. The van der Waals surface area contributed by atoms with Crippen LogP contribution in [0.15, 0.2) is 109 Å². The Hall–Kier alpha value is -3.93. The molecular formula is C67H112O6. The van der Waals surface area contributed by atoms with Crippen LogP contribution >= 0.6 is 0 Å². The third kappa shape index (κ3) is 58.8. The van der Waals surface area contributed by atoms with E-state index in [4.69, 9.17) is 14.2 Å². The Balaban J connectivity index is 4.22. The Labute approximate surface area is 450 Å². The molecule has 0 bridgehead atoms. The fraction of sp³-hybridized carbons (Fsp3) is 0.687. The summed E-state index contributed by atoms with van der Waals surface area (Å²) >= 11 is 0. The average molecular weight is 1010 g/mol. The van der Waals surface area contributed by atoms with E-state index in [0.717, 1.165) is 141 Å². The van der Waals surface area contributed by atoms with Crippen molar-refractivity contribution in [3.63, 3.8) is 0 Å². The van der Waals surface area contributed by atoms with Gasteiger partial charge in [0, 0.05) is 19.3 Å². The number of carbonyl (C=O) groups excluding carboxylic acids is 3. The van der Waals surface area contributed by atoms with Crippen LogP contribution in [0.3, 0.4) is 0 Å². The zero-order valence-corrected chi connectivity index (χ0v) is 47.6. The highest BCUT2D eigenvalue weighted by molar-refractivity contribution is 5.71. The fourth-order valence-electron chi connectivity index (χ4n) is 8.23. The molecule has 0 radical (unpaired) electrons. The van der Waals surface area contributed by atoms with Crippen LogP contribution in [0, 0.1) is 0 Å². The summed E-state index contributed by atoms with van der Waals surface area (Å²) in [4.78, 5) is 38.1. The van der Waals surface area contributed by atoms with E-state index >= 15 is 0 Å². The molecule has 0 aliphatic carbocycles. The molecule has 0 aliphatic heterocycles. The first-order valence-electron chi connectivity index (χ1n) is 30.4. The molecule has 0 aromatic heterocycles. The van der Waals surface area contributed by atoms with Crippen molar-refractivity contribution in [3.05, 3.63) is 109 Å². The molecular weight excluding hydrogens is 901 g/mol. The third-order valence-electron chi connectivity index (χ3n) is 12.7. The molecule has 0 heterocycles. The summed E-state index contributed by atoms with van der Waals surface area (Å²) in [6, 6.07) is 0. The van der Waals surface area contributed by atoms with Gasteiger partial charge >= 0.3 is 17.9 Å². The molecule has 1 atom stereocenters. The van der Waals surface area contributed by atoms with Crippen molar-refractivity contribution in [2.24, 2.45) is 0 Å². The predicted octanol–water partition coefficient (Wildman–Crippen LogP) is 20.7. The van der Waals surface area contributed by atoms with Crippen LogP contribution in [0.2, 0.25) is 0 Å². The van der Waals surface area contributed by atoms with E-state index in [-0.39, 0.29) is 31.1 Å². The summed E-state index contributed by atoms with van der Waals surface area (Å²) in [6.07, 6.45) is 82.4. The number of hydrogen-bond donors (Lipinski definition) is 0. The molecule has 6 heteroatoms. The van der Waals surface area contributed by atoms with Gasteiger partial charge in [0.2, 0.25) is 0 Å². The molecule has 0 saturated carbocycles. The van der Waals surface area contributed by atoms with E-state index < -0.39 is 6.10 Å². The number of rotatable bonds is 54. The van der Waals surface area contributed by atoms with Crippen LogP contribution in [0.5, 0.6) is 0 Å². The van der Waals surface area contributed by atoms with Gasteiger partial charge in [0.05, 0.1) is 0 Å². The monoisotopic (exact) mass is 1010 g/mol. The van der Waals surface area contributed by atoms with E-state index in [1.54, 1.807) is 0 Å². The second kappa shape index (κ2) is 60.6. The van der Waals surface area contributed by atoms with Gasteiger partial charge in [0.15, 0.2) is 6.10 Å². The smallest absolute Gasteiger partial charge is 0.306 e. The molecule has 73 heavy (non-hydrogen) atoms. The minimum Gasteiger partial charge on any atom is -0.462 e. The lowest BCUT2D eigenvalue weighted by Gasteiger charge is -2.18. The maximum atomic E-state index is 12.8. The number of hydrogen-bond acceptors (Lipinski definition) is 6. The summed E-state index contributed by atoms with van der Waals surface area (Å²) in [5.74, 6) is -0.903. The zero-order valence-electron chi connectivity index (χ0n) is 47.6. The Bertz CT molecular complexity index is 1490. The molecule has 0 aromatic rings. The summed E-state index contributed by atoms with van der Waals surface area (Å²) in [5, 5.41) is 0. The van der Waals surface area contributed by atoms with Gasteiger partial charge in [0.1, 0.15) is 13.2 Å². The van der Waals surface area contributed by atoms with Gasteiger partial charge in [-0.25, -0.2) is 0 Å². The van der Waals surface area contributed by atoms with Crippen molar-refractivity contribution in [2.45, 2.75) is 284 Å². The lowest BCUT2D eigenvalue weighted by atomic mass is 10.1. The number of ether oxygens (including phenoxy) is 3. The lowest BCUT2D eigenvalue weighted by molar-refractivity contribution is -0.167. The number of carbonyl (C=O) groups is 3. The minimum atomic E-state index is -0.786. The average Bonchev–Trinajstić information content (AvgIpc) is 3.39. The molecule has 0 aliphatic rings. The fourth-order valence-corrected chi connectivity index (χ4v) is 8.23. The van der Waals surface area contributed by atoms with E-state index in [1.165, 1.54) is 96.3 Å². The molecule has 0 rings (SSSR count). The van der Waals surface area contributed by atoms with Crippen molar-refractivity contribution in [2.75, 3.05) is 13.2 Å². The largest absolute Gasteiger partial charge is 0.462 e. The van der Waals surface area contributed by atoms with Crippen LogP contribution in [0.4, 0.5) is 0 Å². The van der Waals surface area contributed by atoms with Crippen molar-refractivity contribution in [1.29, 1.82) is 0 Å². The standard InChI is InChI=1S/C67H112O6/c1-4-7-10-13-16-19-22-24-25-26-27-28-29-30-31-32-33-34-35-36-37-38-39-40-41-43-45-48-51-54-57-60-66(69)72-63-64(62-71-65(68)59-56-53-50-47-44-21-18-15-12-9-6-3)73-67(70)61-58-55-52-49-46-42-23-20-17-14-11-8-5-2/h7,10-11,14,16,19-20,23-25,27-28,30-31,33-34,36-37,64H,4-6,8-9,12-13,15,17-18,21-22,26,29,32,35,38-63H2,1-3H3/b10-7-,14-11-,19-16-,23-20-,25-24-,28-27-,31-30-,34-33-,37-36-. The van der Waals surface area contributed by atoms with E-state index in [2.05, 4.69) is 130 Å². The summed E-state index contributed by atoms with van der Waals surface area (Å²) in [6.45, 7) is 6.44.